The van der Waals surface area contributed by atoms with E-state index in [1.54, 1.807) is 13.0 Å². The van der Waals surface area contributed by atoms with Crippen molar-refractivity contribution in [3.63, 3.8) is 0 Å². The number of hydrogen-bond donors (Lipinski definition) is 0. The highest BCUT2D eigenvalue weighted by Gasteiger charge is 1.97. The Morgan fingerprint density at radius 2 is 2.56 bits per heavy atom. The van der Waals surface area contributed by atoms with E-state index in [0.29, 0.717) is 12.4 Å². The Hall–Kier alpha value is -0.440. The number of thioether (sulfide) groups is 1. The van der Waals surface area contributed by atoms with Crippen LogP contribution in [0, 0.1) is 0 Å². The molecular formula is C6H10O2S. The first-order valence-corrected chi connectivity index (χ1v) is 3.70. The molecule has 0 aliphatic rings. The number of hydrogen-bond acceptors (Lipinski definition) is 3. The van der Waals surface area contributed by atoms with Crippen molar-refractivity contribution in [2.24, 2.45) is 0 Å². The lowest BCUT2D eigenvalue weighted by atomic mass is 10.8. The summed E-state index contributed by atoms with van der Waals surface area (Å²) < 4.78 is 4.62. The Morgan fingerprint density at radius 3 is 3.00 bits per heavy atom. The van der Waals surface area contributed by atoms with Crippen LogP contribution in [-0.4, -0.2) is 17.7 Å². The van der Waals surface area contributed by atoms with Crippen molar-refractivity contribution in [3.8, 4) is 0 Å². The molecule has 0 amide bonds. The zero-order chi connectivity index (χ0) is 7.11. The summed E-state index contributed by atoms with van der Waals surface area (Å²) in [7, 11) is 0. The molecule has 0 aliphatic carbocycles. The molecule has 0 atom stereocenters. The van der Waals surface area contributed by atoms with Crippen molar-refractivity contribution in [1.82, 2.24) is 0 Å². The molecule has 0 N–H and O–H groups in total. The second-order valence-corrected chi connectivity index (χ2v) is 2.24. The van der Waals surface area contributed by atoms with Crippen LogP contribution in [-0.2, 0) is 4.74 Å². The van der Waals surface area contributed by atoms with Crippen LogP contribution in [0.1, 0.15) is 6.92 Å². The number of carbonyl (C=O) groups excluding carboxylic acids is 1. The molecule has 0 heterocycles. The quantitative estimate of drug-likeness (QED) is 0.450. The molecule has 0 aromatic heterocycles. The number of carbonyl (C=O) groups is 1. The minimum absolute atomic E-state index is 0.225. The molecule has 0 aromatic rings. The predicted molar refractivity (Wildman–Crippen MR) is 39.7 cm³/mol. The van der Waals surface area contributed by atoms with Crippen LogP contribution in [0.25, 0.3) is 0 Å². The molecule has 0 saturated heterocycles. The van der Waals surface area contributed by atoms with Crippen LogP contribution in [0.4, 0.5) is 4.79 Å². The van der Waals surface area contributed by atoms with Gasteiger partial charge in [-0.2, -0.15) is 0 Å². The largest absolute Gasteiger partial charge is 0.458 e. The minimum Gasteiger partial charge on any atom is -0.458 e. The fourth-order valence-corrected chi connectivity index (χ4v) is 0.742. The second kappa shape index (κ2) is 5.69. The first-order chi connectivity index (χ1) is 4.31. The lowest BCUT2D eigenvalue weighted by Gasteiger charge is -1.96. The Bertz CT molecular complexity index is 101. The van der Waals surface area contributed by atoms with E-state index in [0.717, 1.165) is 11.8 Å². The third-order valence-corrected chi connectivity index (χ3v) is 1.34. The molecule has 0 aliphatic heterocycles. The van der Waals surface area contributed by atoms with E-state index in [1.165, 1.54) is 0 Å². The van der Waals surface area contributed by atoms with E-state index < -0.39 is 0 Å². The molecule has 0 spiro atoms. The first kappa shape index (κ1) is 8.56. The average molecular weight is 146 g/mol. The normalized spacial score (nSPS) is 8.56. The van der Waals surface area contributed by atoms with Gasteiger partial charge in [-0.3, -0.25) is 0 Å². The molecule has 0 saturated carbocycles. The Labute approximate surface area is 59.3 Å². The molecule has 0 unspecified atom stereocenters. The van der Waals surface area contributed by atoms with Gasteiger partial charge in [0.05, 0.1) is 6.61 Å². The maximum Gasteiger partial charge on any atom is 0.367 e. The van der Waals surface area contributed by atoms with Crippen molar-refractivity contribution in [3.05, 3.63) is 12.7 Å². The Balaban J connectivity index is 3.16. The summed E-state index contributed by atoms with van der Waals surface area (Å²) in [6.07, 6.45) is 1.67. The van der Waals surface area contributed by atoms with Crippen molar-refractivity contribution in [1.29, 1.82) is 0 Å². The standard InChI is InChI=1S/C6H10O2S/c1-3-5-9-6(7)8-4-2/h3H,1,4-5H2,2H3. The van der Waals surface area contributed by atoms with Gasteiger partial charge in [0.15, 0.2) is 0 Å². The van der Waals surface area contributed by atoms with E-state index in [9.17, 15) is 4.79 Å². The van der Waals surface area contributed by atoms with E-state index >= 15 is 0 Å². The highest BCUT2D eigenvalue weighted by Crippen LogP contribution is 2.03. The molecule has 9 heavy (non-hydrogen) atoms. The van der Waals surface area contributed by atoms with Crippen LogP contribution in [0.2, 0.25) is 0 Å². The SMILES string of the molecule is C=CCSC(=O)OCC. The highest BCUT2D eigenvalue weighted by molar-refractivity contribution is 8.13. The highest BCUT2D eigenvalue weighted by atomic mass is 32.2. The Kier molecular flexibility index (Phi) is 5.41. The van der Waals surface area contributed by atoms with Gasteiger partial charge in [0.1, 0.15) is 0 Å². The van der Waals surface area contributed by atoms with Gasteiger partial charge in [0.25, 0.3) is 0 Å². The summed E-state index contributed by atoms with van der Waals surface area (Å²) in [6, 6.07) is 0. The van der Waals surface area contributed by atoms with Gasteiger partial charge in [-0.1, -0.05) is 6.08 Å². The average Bonchev–Trinajstić information content (AvgIpc) is 1.85. The van der Waals surface area contributed by atoms with Gasteiger partial charge in [-0.25, -0.2) is 4.79 Å². The van der Waals surface area contributed by atoms with Crippen LogP contribution < -0.4 is 0 Å². The van der Waals surface area contributed by atoms with Crippen molar-refractivity contribution >= 4 is 17.1 Å². The zero-order valence-electron chi connectivity index (χ0n) is 5.42. The number of rotatable bonds is 3. The maximum absolute atomic E-state index is 10.5. The minimum atomic E-state index is -0.225. The summed E-state index contributed by atoms with van der Waals surface area (Å²) >= 11 is 1.12. The zero-order valence-corrected chi connectivity index (χ0v) is 6.24. The summed E-state index contributed by atoms with van der Waals surface area (Å²) in [4.78, 5) is 10.5. The van der Waals surface area contributed by atoms with Gasteiger partial charge in [-0.15, -0.1) is 6.58 Å². The van der Waals surface area contributed by atoms with Gasteiger partial charge in [0.2, 0.25) is 0 Å². The molecule has 0 rings (SSSR count). The topological polar surface area (TPSA) is 26.3 Å². The first-order valence-electron chi connectivity index (χ1n) is 2.71. The summed E-state index contributed by atoms with van der Waals surface area (Å²) in [5.41, 5.74) is 0. The van der Waals surface area contributed by atoms with Crippen LogP contribution in [0.15, 0.2) is 12.7 Å². The van der Waals surface area contributed by atoms with Gasteiger partial charge < -0.3 is 4.74 Å². The van der Waals surface area contributed by atoms with Crippen LogP contribution in [0.3, 0.4) is 0 Å². The van der Waals surface area contributed by atoms with Gasteiger partial charge >= 0.3 is 5.30 Å². The van der Waals surface area contributed by atoms with Crippen LogP contribution >= 0.6 is 11.8 Å². The van der Waals surface area contributed by atoms with Crippen molar-refractivity contribution in [2.75, 3.05) is 12.4 Å². The van der Waals surface area contributed by atoms with E-state index in [2.05, 4.69) is 11.3 Å². The number of ether oxygens (including phenoxy) is 1. The van der Waals surface area contributed by atoms with E-state index in [1.807, 2.05) is 0 Å². The van der Waals surface area contributed by atoms with E-state index in [-0.39, 0.29) is 5.30 Å². The third-order valence-electron chi connectivity index (χ3n) is 0.581. The van der Waals surface area contributed by atoms with Gasteiger partial charge in [-0.05, 0) is 18.7 Å². The molecule has 2 nitrogen and oxygen atoms in total. The molecule has 52 valence electrons. The molecule has 0 radical (unpaired) electrons. The Morgan fingerprint density at radius 1 is 1.89 bits per heavy atom. The monoisotopic (exact) mass is 146 g/mol. The summed E-state index contributed by atoms with van der Waals surface area (Å²) in [6.45, 7) is 5.70. The van der Waals surface area contributed by atoms with Crippen molar-refractivity contribution < 1.29 is 9.53 Å². The van der Waals surface area contributed by atoms with Crippen molar-refractivity contribution in [2.45, 2.75) is 6.92 Å². The molecule has 0 fully saturated rings. The predicted octanol–water partition coefficient (Wildman–Crippen LogP) is 2.06. The fourth-order valence-electron chi connectivity index (χ4n) is 0.286. The van der Waals surface area contributed by atoms with Crippen LogP contribution in [0.5, 0.6) is 0 Å². The molecular weight excluding hydrogens is 136 g/mol. The molecule has 0 aromatic carbocycles. The lowest BCUT2D eigenvalue weighted by molar-refractivity contribution is 0.181. The molecule has 3 heteroatoms. The smallest absolute Gasteiger partial charge is 0.367 e. The summed E-state index contributed by atoms with van der Waals surface area (Å²) in [5, 5.41) is -0.225. The maximum atomic E-state index is 10.5. The third kappa shape index (κ3) is 5.43. The summed E-state index contributed by atoms with van der Waals surface area (Å²) in [5.74, 6) is 0.624. The lowest BCUT2D eigenvalue weighted by Crippen LogP contribution is -1.95. The van der Waals surface area contributed by atoms with E-state index in [4.69, 9.17) is 0 Å². The van der Waals surface area contributed by atoms with Gasteiger partial charge in [0, 0.05) is 5.75 Å². The fraction of sp³-hybridized carbons (Fsp3) is 0.500. The molecule has 0 bridgehead atoms. The second-order valence-electron chi connectivity index (χ2n) is 1.28.